The number of ether oxygens (including phenoxy) is 2. The number of rotatable bonds is 7. The lowest BCUT2D eigenvalue weighted by atomic mass is 10.1. The van der Waals surface area contributed by atoms with Crippen LogP contribution in [-0.4, -0.2) is 43.1 Å². The molecule has 22 heavy (non-hydrogen) atoms. The van der Waals surface area contributed by atoms with Crippen molar-refractivity contribution in [3.05, 3.63) is 29.8 Å². The predicted octanol–water partition coefficient (Wildman–Crippen LogP) is 2.75. The van der Waals surface area contributed by atoms with Crippen molar-refractivity contribution in [1.29, 1.82) is 0 Å². The molecule has 5 heteroatoms. The lowest BCUT2D eigenvalue weighted by molar-refractivity contribution is -0.141. The fourth-order valence-corrected chi connectivity index (χ4v) is 1.84. The zero-order valence-electron chi connectivity index (χ0n) is 14.0. The molecule has 1 aromatic rings. The molecule has 0 aliphatic heterocycles. The molecule has 0 spiro atoms. The van der Waals surface area contributed by atoms with E-state index in [1.807, 2.05) is 19.9 Å². The first kappa shape index (κ1) is 18.0. The molecule has 0 bridgehead atoms. The van der Waals surface area contributed by atoms with Gasteiger partial charge in [0.1, 0.15) is 12.3 Å². The summed E-state index contributed by atoms with van der Waals surface area (Å²) in [6.45, 7) is 8.37. The molecule has 0 radical (unpaired) electrons. The summed E-state index contributed by atoms with van der Waals surface area (Å²) < 4.78 is 10.3. The summed E-state index contributed by atoms with van der Waals surface area (Å²) in [5.74, 6) is 0.414. The van der Waals surface area contributed by atoms with Gasteiger partial charge in [-0.1, -0.05) is 19.9 Å². The third kappa shape index (κ3) is 5.39. The quantitative estimate of drug-likeness (QED) is 0.727. The zero-order valence-corrected chi connectivity index (χ0v) is 14.0. The molecule has 0 aliphatic carbocycles. The summed E-state index contributed by atoms with van der Waals surface area (Å²) in [6.07, 6.45) is 0. The van der Waals surface area contributed by atoms with Crippen LogP contribution in [0.3, 0.4) is 0 Å². The van der Waals surface area contributed by atoms with E-state index in [1.54, 1.807) is 18.2 Å². The maximum Gasteiger partial charge on any atom is 0.325 e. The number of hydrogen-bond acceptors (Lipinski definition) is 4. The Hall–Kier alpha value is -2.04. The van der Waals surface area contributed by atoms with Crippen LogP contribution in [0.5, 0.6) is 5.75 Å². The Morgan fingerprint density at radius 3 is 2.41 bits per heavy atom. The fraction of sp³-hybridized carbons (Fsp3) is 0.529. The zero-order chi connectivity index (χ0) is 16.7. The van der Waals surface area contributed by atoms with Gasteiger partial charge in [-0.2, -0.15) is 0 Å². The third-order valence-corrected chi connectivity index (χ3v) is 3.08. The van der Waals surface area contributed by atoms with Gasteiger partial charge in [0.2, 0.25) is 0 Å². The normalized spacial score (nSPS) is 10.7. The van der Waals surface area contributed by atoms with Gasteiger partial charge >= 0.3 is 5.97 Å². The van der Waals surface area contributed by atoms with Crippen molar-refractivity contribution in [3.63, 3.8) is 0 Å². The van der Waals surface area contributed by atoms with Gasteiger partial charge in [-0.25, -0.2) is 0 Å². The number of amides is 1. The molecule has 1 amide bonds. The maximum absolute atomic E-state index is 12.6. The monoisotopic (exact) mass is 307 g/mol. The van der Waals surface area contributed by atoms with Crippen molar-refractivity contribution in [1.82, 2.24) is 4.90 Å². The minimum absolute atomic E-state index is 0.0654. The molecule has 5 nitrogen and oxygen atoms in total. The molecule has 0 aliphatic rings. The van der Waals surface area contributed by atoms with Gasteiger partial charge in [-0.05, 0) is 38.0 Å². The Morgan fingerprint density at radius 2 is 1.86 bits per heavy atom. The molecule has 1 aromatic carbocycles. The highest BCUT2D eigenvalue weighted by atomic mass is 16.5. The van der Waals surface area contributed by atoms with Gasteiger partial charge in [-0.3, -0.25) is 9.59 Å². The molecular formula is C17H25NO4. The van der Waals surface area contributed by atoms with Gasteiger partial charge in [0.15, 0.2) is 0 Å². The number of carbonyl (C=O) groups excluding carboxylic acids is 2. The number of nitrogens with zero attached hydrogens (tertiary/aromatic N) is 1. The van der Waals surface area contributed by atoms with Crippen LogP contribution in [-0.2, 0) is 9.53 Å². The summed E-state index contributed by atoms with van der Waals surface area (Å²) in [7, 11) is 1.31. The standard InChI is InChI=1S/C17H25NO4/c1-12(2)11-22-15-8-6-7-14(9-15)17(20)18(13(3)4)10-16(19)21-5/h6-9,12-13H,10-11H2,1-5H3. The van der Waals surface area contributed by atoms with Crippen LogP contribution < -0.4 is 4.74 Å². The van der Waals surface area contributed by atoms with Crippen LogP contribution in [0.4, 0.5) is 0 Å². The summed E-state index contributed by atoms with van der Waals surface area (Å²) >= 11 is 0. The Kier molecular flexibility index (Phi) is 6.89. The van der Waals surface area contributed by atoms with E-state index in [0.717, 1.165) is 0 Å². The second-order valence-corrected chi connectivity index (χ2v) is 5.84. The Balaban J connectivity index is 2.89. The van der Waals surface area contributed by atoms with Crippen LogP contribution in [0.15, 0.2) is 24.3 Å². The summed E-state index contributed by atoms with van der Waals surface area (Å²) in [6, 6.07) is 6.92. The molecule has 0 N–H and O–H groups in total. The minimum atomic E-state index is -0.436. The van der Waals surface area contributed by atoms with E-state index in [4.69, 9.17) is 4.74 Å². The second-order valence-electron chi connectivity index (χ2n) is 5.84. The lowest BCUT2D eigenvalue weighted by Crippen LogP contribution is -2.41. The first-order chi connectivity index (χ1) is 10.3. The highest BCUT2D eigenvalue weighted by molar-refractivity contribution is 5.96. The third-order valence-electron chi connectivity index (χ3n) is 3.08. The number of methoxy groups -OCH3 is 1. The van der Waals surface area contributed by atoms with E-state index >= 15 is 0 Å². The molecule has 1 rings (SSSR count). The van der Waals surface area contributed by atoms with Crippen LogP contribution in [0.2, 0.25) is 0 Å². The number of hydrogen-bond donors (Lipinski definition) is 0. The molecule has 0 heterocycles. The SMILES string of the molecule is COC(=O)CN(C(=O)c1cccc(OCC(C)C)c1)C(C)C. The number of benzene rings is 1. The molecular weight excluding hydrogens is 282 g/mol. The maximum atomic E-state index is 12.6. The van der Waals surface area contributed by atoms with E-state index in [2.05, 4.69) is 18.6 Å². The molecule has 0 fully saturated rings. The Bertz CT molecular complexity index is 511. The number of carbonyl (C=O) groups is 2. The topological polar surface area (TPSA) is 55.8 Å². The summed E-state index contributed by atoms with van der Waals surface area (Å²) in [4.78, 5) is 25.5. The van der Waals surface area contributed by atoms with Crippen molar-refractivity contribution in [2.75, 3.05) is 20.3 Å². The second kappa shape index (κ2) is 8.41. The van der Waals surface area contributed by atoms with Gasteiger partial charge in [-0.15, -0.1) is 0 Å². The smallest absolute Gasteiger partial charge is 0.325 e. The fourth-order valence-electron chi connectivity index (χ4n) is 1.84. The van der Waals surface area contributed by atoms with Crippen LogP contribution in [0, 0.1) is 5.92 Å². The Labute approximate surface area is 132 Å². The molecule has 122 valence electrons. The van der Waals surface area contributed by atoms with E-state index in [-0.39, 0.29) is 18.5 Å². The average Bonchev–Trinajstić information content (AvgIpc) is 2.49. The van der Waals surface area contributed by atoms with Crippen molar-refractivity contribution < 1.29 is 19.1 Å². The van der Waals surface area contributed by atoms with Gasteiger partial charge in [0.05, 0.1) is 13.7 Å². The van der Waals surface area contributed by atoms with Gasteiger partial charge in [0, 0.05) is 11.6 Å². The van der Waals surface area contributed by atoms with Crippen LogP contribution >= 0.6 is 0 Å². The van der Waals surface area contributed by atoms with Gasteiger partial charge in [0.25, 0.3) is 5.91 Å². The highest BCUT2D eigenvalue weighted by Gasteiger charge is 2.22. The summed E-state index contributed by atoms with van der Waals surface area (Å²) in [5, 5.41) is 0. The number of esters is 1. The van der Waals surface area contributed by atoms with E-state index in [9.17, 15) is 9.59 Å². The first-order valence-electron chi connectivity index (χ1n) is 7.45. The largest absolute Gasteiger partial charge is 0.493 e. The van der Waals surface area contributed by atoms with E-state index < -0.39 is 5.97 Å². The lowest BCUT2D eigenvalue weighted by Gasteiger charge is -2.25. The molecule has 0 atom stereocenters. The van der Waals surface area contributed by atoms with Crippen molar-refractivity contribution in [2.45, 2.75) is 33.7 Å². The Morgan fingerprint density at radius 1 is 1.18 bits per heavy atom. The molecule has 0 saturated heterocycles. The van der Waals surface area contributed by atoms with Crippen LogP contribution in [0.1, 0.15) is 38.1 Å². The molecule has 0 unspecified atom stereocenters. The predicted molar refractivity (Wildman–Crippen MR) is 85.0 cm³/mol. The van der Waals surface area contributed by atoms with E-state index in [0.29, 0.717) is 23.8 Å². The minimum Gasteiger partial charge on any atom is -0.493 e. The average molecular weight is 307 g/mol. The van der Waals surface area contributed by atoms with Crippen molar-refractivity contribution in [3.8, 4) is 5.75 Å². The van der Waals surface area contributed by atoms with Crippen molar-refractivity contribution in [2.24, 2.45) is 5.92 Å². The van der Waals surface area contributed by atoms with Crippen molar-refractivity contribution >= 4 is 11.9 Å². The van der Waals surface area contributed by atoms with Gasteiger partial charge < -0.3 is 14.4 Å². The van der Waals surface area contributed by atoms with Crippen LogP contribution in [0.25, 0.3) is 0 Å². The summed E-state index contributed by atoms with van der Waals surface area (Å²) in [5.41, 5.74) is 0.499. The highest BCUT2D eigenvalue weighted by Crippen LogP contribution is 2.17. The van der Waals surface area contributed by atoms with E-state index in [1.165, 1.54) is 12.0 Å². The molecule has 0 saturated carbocycles. The molecule has 0 aromatic heterocycles. The first-order valence-corrected chi connectivity index (χ1v) is 7.45.